The van der Waals surface area contributed by atoms with Gasteiger partial charge in [0.1, 0.15) is 0 Å². The van der Waals surface area contributed by atoms with E-state index in [2.05, 4.69) is 0 Å². The van der Waals surface area contributed by atoms with Gasteiger partial charge in [-0.3, -0.25) is 14.5 Å². The van der Waals surface area contributed by atoms with Crippen molar-refractivity contribution in [2.75, 3.05) is 13.1 Å². The normalized spacial score (nSPS) is 27.2. The molecule has 6 nitrogen and oxygen atoms in total. The number of carbonyl (C=O) groups is 2. The number of likely N-dealkylation sites (tertiary alicyclic amines) is 1. The van der Waals surface area contributed by atoms with Crippen LogP contribution >= 0.6 is 0 Å². The number of sulfonamides is 1. The molecule has 1 aromatic carbocycles. The van der Waals surface area contributed by atoms with Crippen molar-refractivity contribution in [3.8, 4) is 0 Å². The molecule has 3 aliphatic rings. The summed E-state index contributed by atoms with van der Waals surface area (Å²) < 4.78 is 26.1. The van der Waals surface area contributed by atoms with E-state index in [-0.39, 0.29) is 42.8 Å². The van der Waals surface area contributed by atoms with Gasteiger partial charge in [0.15, 0.2) is 0 Å². The molecule has 2 amide bonds. The third kappa shape index (κ3) is 2.91. The fourth-order valence-corrected chi connectivity index (χ4v) is 5.05. The summed E-state index contributed by atoms with van der Waals surface area (Å²) in [5.74, 6) is -0.829. The highest BCUT2D eigenvalue weighted by Gasteiger charge is 2.52. The third-order valence-electron chi connectivity index (χ3n) is 5.33. The average Bonchev–Trinajstić information content (AvgIpc) is 2.85. The molecule has 0 aromatic heterocycles. The Morgan fingerprint density at radius 2 is 1.50 bits per heavy atom. The number of carbonyl (C=O) groups excluding carboxylic acids is 2. The monoisotopic (exact) mass is 372 g/mol. The van der Waals surface area contributed by atoms with Crippen LogP contribution in [-0.4, -0.2) is 48.6 Å². The predicted octanol–water partition coefficient (Wildman–Crippen LogP) is 1.62. The van der Waals surface area contributed by atoms with Gasteiger partial charge in [0, 0.05) is 18.5 Å². The Labute approximate surface area is 152 Å². The highest BCUT2D eigenvalue weighted by atomic mass is 32.2. The molecule has 0 radical (unpaired) electrons. The molecule has 136 valence electrons. The number of amides is 2. The zero-order valence-corrected chi connectivity index (χ0v) is 15.0. The summed E-state index contributed by atoms with van der Waals surface area (Å²) in [6.45, 7) is 0.345. The van der Waals surface area contributed by atoms with Crippen molar-refractivity contribution in [2.45, 2.75) is 18.9 Å². The van der Waals surface area contributed by atoms with E-state index in [1.165, 1.54) is 14.6 Å². The van der Waals surface area contributed by atoms with E-state index >= 15 is 0 Å². The summed E-state index contributed by atoms with van der Waals surface area (Å²) in [7, 11) is -3.55. The Kier molecular flexibility index (Phi) is 4.28. The number of nitrogens with zero attached hydrogens (tertiary/aromatic N) is 2. The number of hydrogen-bond acceptors (Lipinski definition) is 4. The maximum atomic E-state index is 12.5. The minimum Gasteiger partial charge on any atom is -0.276 e. The first kappa shape index (κ1) is 17.2. The summed E-state index contributed by atoms with van der Waals surface area (Å²) >= 11 is 0. The molecular weight excluding hydrogens is 352 g/mol. The molecule has 1 aliphatic carbocycles. The second kappa shape index (κ2) is 6.48. The molecule has 2 heterocycles. The van der Waals surface area contributed by atoms with Gasteiger partial charge in [-0.25, -0.2) is 8.42 Å². The predicted molar refractivity (Wildman–Crippen MR) is 97.0 cm³/mol. The highest BCUT2D eigenvalue weighted by molar-refractivity contribution is 7.92. The lowest BCUT2D eigenvalue weighted by molar-refractivity contribution is -0.145. The Morgan fingerprint density at radius 3 is 2.08 bits per heavy atom. The summed E-state index contributed by atoms with van der Waals surface area (Å²) in [6, 6.07) is 8.84. The van der Waals surface area contributed by atoms with Crippen molar-refractivity contribution < 1.29 is 18.0 Å². The van der Waals surface area contributed by atoms with Gasteiger partial charge in [-0.1, -0.05) is 42.5 Å². The van der Waals surface area contributed by atoms with Crippen LogP contribution < -0.4 is 0 Å². The van der Waals surface area contributed by atoms with Crippen LogP contribution in [0.15, 0.2) is 47.9 Å². The number of benzene rings is 1. The Morgan fingerprint density at radius 1 is 0.923 bits per heavy atom. The Balaban J connectivity index is 1.41. The zero-order chi connectivity index (χ0) is 18.3. The number of imide groups is 1. The molecule has 0 saturated carbocycles. The first-order valence-corrected chi connectivity index (χ1v) is 10.2. The van der Waals surface area contributed by atoms with E-state index < -0.39 is 10.0 Å². The molecular formula is C19H20N2O4S. The summed E-state index contributed by atoms with van der Waals surface area (Å²) in [5, 5.41) is 1.18. The Hall–Kier alpha value is -2.25. The molecule has 4 rings (SSSR count). The van der Waals surface area contributed by atoms with Gasteiger partial charge in [-0.05, 0) is 24.5 Å². The van der Waals surface area contributed by atoms with E-state index in [0.29, 0.717) is 12.8 Å². The fraction of sp³-hybridized carbons (Fsp3) is 0.368. The number of fused-ring (bicyclic) bond motifs is 1. The fourth-order valence-electron chi connectivity index (χ4n) is 3.79. The average molecular weight is 372 g/mol. The summed E-state index contributed by atoms with van der Waals surface area (Å²) in [5.41, 5.74) is 0.801. The molecule has 7 heteroatoms. The molecule has 1 aromatic rings. The van der Waals surface area contributed by atoms with E-state index in [1.54, 1.807) is 6.08 Å². The topological polar surface area (TPSA) is 74.8 Å². The molecule has 2 aliphatic heterocycles. The van der Waals surface area contributed by atoms with Gasteiger partial charge in [-0.2, -0.15) is 4.31 Å². The van der Waals surface area contributed by atoms with Crippen LogP contribution in [0.2, 0.25) is 0 Å². The van der Waals surface area contributed by atoms with Crippen molar-refractivity contribution >= 4 is 27.9 Å². The van der Waals surface area contributed by atoms with Crippen molar-refractivity contribution in [2.24, 2.45) is 11.8 Å². The van der Waals surface area contributed by atoms with E-state index in [4.69, 9.17) is 0 Å². The maximum Gasteiger partial charge on any atom is 0.236 e. The van der Waals surface area contributed by atoms with Crippen LogP contribution in [0.1, 0.15) is 18.4 Å². The number of hydrogen-bond donors (Lipinski definition) is 0. The minimum absolute atomic E-state index is 0.147. The second-order valence-corrected chi connectivity index (χ2v) is 8.75. The van der Waals surface area contributed by atoms with Gasteiger partial charge < -0.3 is 0 Å². The van der Waals surface area contributed by atoms with Crippen LogP contribution in [0.4, 0.5) is 0 Å². The van der Waals surface area contributed by atoms with Crippen LogP contribution in [0.5, 0.6) is 0 Å². The first-order chi connectivity index (χ1) is 12.5. The van der Waals surface area contributed by atoms with E-state index in [0.717, 1.165) is 5.56 Å². The third-order valence-corrected chi connectivity index (χ3v) is 6.83. The smallest absolute Gasteiger partial charge is 0.236 e. The highest BCUT2D eigenvalue weighted by Crippen LogP contribution is 2.37. The molecule has 2 fully saturated rings. The van der Waals surface area contributed by atoms with Crippen LogP contribution in [0, 0.1) is 11.8 Å². The molecule has 2 saturated heterocycles. The van der Waals surface area contributed by atoms with Gasteiger partial charge in [0.2, 0.25) is 21.8 Å². The molecule has 0 spiro atoms. The zero-order valence-electron chi connectivity index (χ0n) is 14.2. The van der Waals surface area contributed by atoms with Crippen LogP contribution in [0.3, 0.4) is 0 Å². The summed E-state index contributed by atoms with van der Waals surface area (Å²) in [6.07, 6.45) is 6.64. The van der Waals surface area contributed by atoms with Crippen molar-refractivity contribution in [1.29, 1.82) is 0 Å². The van der Waals surface area contributed by atoms with Crippen molar-refractivity contribution in [3.63, 3.8) is 0 Å². The maximum absolute atomic E-state index is 12.5. The van der Waals surface area contributed by atoms with Gasteiger partial charge in [0.25, 0.3) is 0 Å². The quantitative estimate of drug-likeness (QED) is 0.595. The number of allylic oxidation sites excluding steroid dienone is 2. The van der Waals surface area contributed by atoms with Crippen molar-refractivity contribution in [3.05, 3.63) is 53.5 Å². The van der Waals surface area contributed by atoms with Crippen molar-refractivity contribution in [1.82, 2.24) is 9.21 Å². The largest absolute Gasteiger partial charge is 0.276 e. The van der Waals surface area contributed by atoms with Gasteiger partial charge in [0.05, 0.1) is 17.9 Å². The first-order valence-electron chi connectivity index (χ1n) is 8.72. The lowest BCUT2D eigenvalue weighted by Crippen LogP contribution is -2.62. The molecule has 26 heavy (non-hydrogen) atoms. The summed E-state index contributed by atoms with van der Waals surface area (Å²) in [4.78, 5) is 26.4. The van der Waals surface area contributed by atoms with E-state index in [9.17, 15) is 18.0 Å². The molecule has 0 bridgehead atoms. The second-order valence-electron chi connectivity index (χ2n) is 6.93. The SMILES string of the molecule is O=C1C2CC=CCC2C(=O)N1C1CN(S(=O)(=O)/C=C/c2ccccc2)C1. The lowest BCUT2D eigenvalue weighted by Gasteiger charge is -2.41. The standard InChI is InChI=1S/C19H20N2O4S/c22-18-16-8-4-5-9-17(16)19(23)21(18)15-12-20(13-15)26(24,25)11-10-14-6-2-1-3-7-14/h1-7,10-11,15-17H,8-9,12-13H2/b11-10+. The molecule has 2 unspecified atom stereocenters. The van der Waals surface area contributed by atoms with Crippen LogP contribution in [-0.2, 0) is 19.6 Å². The van der Waals surface area contributed by atoms with Gasteiger partial charge >= 0.3 is 0 Å². The molecule has 0 N–H and O–H groups in total. The van der Waals surface area contributed by atoms with Gasteiger partial charge in [-0.15, -0.1) is 0 Å². The Bertz CT molecular complexity index is 859. The minimum atomic E-state index is -3.55. The molecule has 2 atom stereocenters. The van der Waals surface area contributed by atoms with Crippen LogP contribution in [0.25, 0.3) is 6.08 Å². The van der Waals surface area contributed by atoms with E-state index in [1.807, 2.05) is 42.5 Å². The number of rotatable bonds is 4. The lowest BCUT2D eigenvalue weighted by atomic mass is 9.85.